The Bertz CT molecular complexity index is 987. The van der Waals surface area contributed by atoms with Crippen molar-refractivity contribution < 1.29 is 24.0 Å². The van der Waals surface area contributed by atoms with Crippen molar-refractivity contribution in [1.29, 1.82) is 0 Å². The van der Waals surface area contributed by atoms with Crippen LogP contribution in [0.2, 0.25) is 0 Å². The molecule has 0 heterocycles. The minimum absolute atomic E-state index is 0.104. The van der Waals surface area contributed by atoms with Crippen LogP contribution in [-0.2, 0) is 24.0 Å². The lowest BCUT2D eigenvalue weighted by atomic mass is 9.85. The maximum absolute atomic E-state index is 13.9. The highest BCUT2D eigenvalue weighted by atomic mass is 16.2. The minimum atomic E-state index is -1.82. The number of unbranched alkanes of at least 4 members (excludes halogenated alkanes) is 14. The number of nitrogens with one attached hydrogen (secondary N) is 3. The van der Waals surface area contributed by atoms with Gasteiger partial charge >= 0.3 is 0 Å². The van der Waals surface area contributed by atoms with Crippen LogP contribution in [0.4, 0.5) is 0 Å². The summed E-state index contributed by atoms with van der Waals surface area (Å²) in [7, 11) is 0. The maximum atomic E-state index is 13.9. The third-order valence-corrected chi connectivity index (χ3v) is 9.69. The van der Waals surface area contributed by atoms with Crippen LogP contribution in [0.25, 0.3) is 0 Å². The molecule has 14 nitrogen and oxygen atoms in total. The molecular formula is C38H77N9O5. The number of nitrogens with two attached hydrogens (primary N) is 6. The molecule has 0 aliphatic heterocycles. The molecule has 0 aromatic heterocycles. The van der Waals surface area contributed by atoms with E-state index in [2.05, 4.69) is 22.9 Å². The van der Waals surface area contributed by atoms with Crippen LogP contribution in [0.15, 0.2) is 0 Å². The normalized spacial score (nSPS) is 14.2. The van der Waals surface area contributed by atoms with Gasteiger partial charge in [0.25, 0.3) is 0 Å². The zero-order chi connectivity index (χ0) is 39.0. The maximum Gasteiger partial charge on any atom is 0.248 e. The zero-order valence-corrected chi connectivity index (χ0v) is 32.5. The molecule has 4 amide bonds. The van der Waals surface area contributed by atoms with Crippen molar-refractivity contribution in [2.24, 2.45) is 34.4 Å². The summed E-state index contributed by atoms with van der Waals surface area (Å²) in [5, 5.41) is 8.22. The zero-order valence-electron chi connectivity index (χ0n) is 32.5. The first-order valence-electron chi connectivity index (χ1n) is 20.4. The van der Waals surface area contributed by atoms with Crippen LogP contribution in [-0.4, -0.2) is 79.3 Å². The van der Waals surface area contributed by atoms with Crippen LogP contribution >= 0.6 is 0 Å². The number of carbonyl (C=O) groups excluding carboxylic acids is 5. The molecule has 0 aromatic rings. The number of hydrogen-bond acceptors (Lipinski definition) is 10. The summed E-state index contributed by atoms with van der Waals surface area (Å²) in [4.78, 5) is 66.8. The summed E-state index contributed by atoms with van der Waals surface area (Å²) in [6, 6.07) is -3.02. The second kappa shape index (κ2) is 31.8. The Balaban J connectivity index is 5.71. The van der Waals surface area contributed by atoms with E-state index < -0.39 is 47.3 Å². The first kappa shape index (κ1) is 49.4. The molecule has 52 heavy (non-hydrogen) atoms. The Morgan fingerprint density at radius 1 is 0.500 bits per heavy atom. The number of carbonyl (C=O) groups is 5. The number of rotatable bonds is 36. The van der Waals surface area contributed by atoms with E-state index in [9.17, 15) is 24.0 Å². The van der Waals surface area contributed by atoms with Crippen LogP contribution in [0.5, 0.6) is 0 Å². The largest absolute Gasteiger partial charge is 0.368 e. The van der Waals surface area contributed by atoms with Gasteiger partial charge in [-0.3, -0.25) is 24.0 Å². The third-order valence-electron chi connectivity index (χ3n) is 9.69. The number of hydrogen-bond donors (Lipinski definition) is 9. The van der Waals surface area contributed by atoms with Crippen molar-refractivity contribution in [3.63, 3.8) is 0 Å². The van der Waals surface area contributed by atoms with E-state index in [0.717, 1.165) is 19.3 Å². The summed E-state index contributed by atoms with van der Waals surface area (Å²) >= 11 is 0. The number of amides is 4. The lowest BCUT2D eigenvalue weighted by Crippen LogP contribution is -2.63. The van der Waals surface area contributed by atoms with Gasteiger partial charge in [0.1, 0.15) is 18.1 Å². The molecule has 0 bridgehead atoms. The van der Waals surface area contributed by atoms with Crippen molar-refractivity contribution in [1.82, 2.24) is 16.0 Å². The predicted octanol–water partition coefficient (Wildman–Crippen LogP) is 2.41. The van der Waals surface area contributed by atoms with Crippen LogP contribution in [0, 0.1) is 0 Å². The second-order valence-corrected chi connectivity index (χ2v) is 14.3. The summed E-state index contributed by atoms with van der Waals surface area (Å²) < 4.78 is 0. The molecule has 0 saturated heterocycles. The lowest BCUT2D eigenvalue weighted by molar-refractivity contribution is -0.139. The van der Waals surface area contributed by atoms with E-state index >= 15 is 0 Å². The first-order chi connectivity index (χ1) is 25.0. The molecule has 304 valence electrons. The van der Waals surface area contributed by atoms with E-state index in [-0.39, 0.29) is 31.5 Å². The molecule has 14 heteroatoms. The van der Waals surface area contributed by atoms with Crippen molar-refractivity contribution in [3.8, 4) is 0 Å². The highest BCUT2D eigenvalue weighted by Gasteiger charge is 2.42. The Kier molecular flexibility index (Phi) is 30.2. The molecule has 0 aliphatic carbocycles. The van der Waals surface area contributed by atoms with Gasteiger partial charge in [-0.15, -0.1) is 0 Å². The van der Waals surface area contributed by atoms with Gasteiger partial charge in [0.15, 0.2) is 11.3 Å². The van der Waals surface area contributed by atoms with Gasteiger partial charge in [0.2, 0.25) is 23.6 Å². The monoisotopic (exact) mass is 740 g/mol. The van der Waals surface area contributed by atoms with Gasteiger partial charge < -0.3 is 50.4 Å². The summed E-state index contributed by atoms with van der Waals surface area (Å²) in [6.07, 6.45) is 18.2. The smallest absolute Gasteiger partial charge is 0.248 e. The highest BCUT2D eigenvalue weighted by molar-refractivity contribution is 6.11. The molecule has 0 rings (SSSR count). The van der Waals surface area contributed by atoms with Gasteiger partial charge in [-0.25, -0.2) is 0 Å². The predicted molar refractivity (Wildman–Crippen MR) is 210 cm³/mol. The Morgan fingerprint density at radius 2 is 0.885 bits per heavy atom. The van der Waals surface area contributed by atoms with Crippen molar-refractivity contribution >= 4 is 29.4 Å². The fourth-order valence-corrected chi connectivity index (χ4v) is 6.23. The van der Waals surface area contributed by atoms with Gasteiger partial charge in [-0.2, -0.15) is 0 Å². The molecule has 0 unspecified atom stereocenters. The van der Waals surface area contributed by atoms with Crippen LogP contribution in [0.1, 0.15) is 161 Å². The molecule has 15 N–H and O–H groups in total. The molecule has 0 saturated carbocycles. The molecule has 0 spiro atoms. The second-order valence-electron chi connectivity index (χ2n) is 14.3. The van der Waals surface area contributed by atoms with Gasteiger partial charge in [-0.05, 0) is 110 Å². The van der Waals surface area contributed by atoms with Gasteiger partial charge in [0, 0.05) is 6.42 Å². The summed E-state index contributed by atoms with van der Waals surface area (Å²) in [5.74, 6) is -2.92. The quantitative estimate of drug-likeness (QED) is 0.0334. The minimum Gasteiger partial charge on any atom is -0.368 e. The molecule has 4 atom stereocenters. The van der Waals surface area contributed by atoms with Gasteiger partial charge in [-0.1, -0.05) is 71.1 Å². The van der Waals surface area contributed by atoms with Crippen molar-refractivity contribution in [3.05, 3.63) is 0 Å². The van der Waals surface area contributed by atoms with E-state index in [0.29, 0.717) is 90.4 Å². The standard InChI is InChI=1S/C38H77N9O5/c1-2-3-4-5-6-7-8-9-10-11-12-24-33(48)38(44,25-16-20-29-42)37(52)47-32(23-15-19-28-41)36(51)46-31(22-14-18-27-40)35(50)45-30(34(43)49)21-13-17-26-39/h30-32H,2-29,39-42,44H2,1H3,(H2,43,49)(H,45,50)(H,46,51)(H,47,52)/t30-,31-,32-,38+/m0/s1. The third kappa shape index (κ3) is 22.4. The SMILES string of the molecule is CCCCCCCCCCCCCC(=O)[C@](N)(CCCCN)C(=O)N[C@@H](CCCCN)C(=O)N[C@@H](CCCCN)C(=O)N[C@@H](CCCCN)C(N)=O. The number of Topliss-reactive ketones (excluding diaryl/α,β-unsaturated/α-hetero) is 1. The van der Waals surface area contributed by atoms with E-state index in [1.54, 1.807) is 0 Å². The topological polar surface area (TPSA) is 278 Å². The lowest BCUT2D eigenvalue weighted by Gasteiger charge is -2.30. The molecule has 0 radical (unpaired) electrons. The molecule has 0 aliphatic rings. The molecular weight excluding hydrogens is 662 g/mol. The van der Waals surface area contributed by atoms with Crippen LogP contribution < -0.4 is 50.4 Å². The summed E-state index contributed by atoms with van der Waals surface area (Å²) in [6.45, 7) is 3.85. The van der Waals surface area contributed by atoms with Crippen molar-refractivity contribution in [2.75, 3.05) is 26.2 Å². The Hall–Kier alpha value is -2.65. The highest BCUT2D eigenvalue weighted by Crippen LogP contribution is 2.20. The van der Waals surface area contributed by atoms with E-state index in [4.69, 9.17) is 34.4 Å². The Morgan fingerprint density at radius 3 is 1.33 bits per heavy atom. The number of ketones is 1. The fraction of sp³-hybridized carbons (Fsp3) is 0.868. The average Bonchev–Trinajstić information content (AvgIpc) is 3.12. The molecule has 0 fully saturated rings. The Labute approximate surface area is 314 Å². The van der Waals surface area contributed by atoms with Crippen LogP contribution in [0.3, 0.4) is 0 Å². The number of primary amides is 1. The van der Waals surface area contributed by atoms with Gasteiger partial charge in [0.05, 0.1) is 0 Å². The molecule has 0 aromatic carbocycles. The first-order valence-corrected chi connectivity index (χ1v) is 20.4. The van der Waals surface area contributed by atoms with E-state index in [1.165, 1.54) is 44.9 Å². The van der Waals surface area contributed by atoms with Crippen molar-refractivity contribution in [2.45, 2.75) is 185 Å². The average molecular weight is 740 g/mol. The van der Waals surface area contributed by atoms with E-state index in [1.807, 2.05) is 0 Å². The summed E-state index contributed by atoms with van der Waals surface area (Å²) in [5.41, 5.74) is 33.0. The fourth-order valence-electron chi connectivity index (χ4n) is 6.23.